The van der Waals surface area contributed by atoms with Gasteiger partial charge in [-0.05, 0) is 23.5 Å². The van der Waals surface area contributed by atoms with Crippen molar-refractivity contribution in [2.75, 3.05) is 6.61 Å². The highest BCUT2D eigenvalue weighted by molar-refractivity contribution is 5.50. The summed E-state index contributed by atoms with van der Waals surface area (Å²) in [6.07, 6.45) is 0.804. The number of benzene rings is 1. The zero-order valence-corrected chi connectivity index (χ0v) is 11.5. The molecule has 96 valence electrons. The van der Waals surface area contributed by atoms with Crippen LogP contribution in [0.15, 0.2) is 12.1 Å². The molecule has 0 unspecified atom stereocenters. The average Bonchev–Trinajstić information content (AvgIpc) is 2.28. The fourth-order valence-corrected chi connectivity index (χ4v) is 2.21. The van der Waals surface area contributed by atoms with E-state index in [0.717, 1.165) is 23.1 Å². The van der Waals surface area contributed by atoms with E-state index in [4.69, 9.17) is 0 Å². The van der Waals surface area contributed by atoms with Crippen LogP contribution in [0, 0.1) is 0 Å². The Morgan fingerprint density at radius 1 is 1.24 bits per heavy atom. The molecule has 1 aromatic carbocycles. The second-order valence-corrected chi connectivity index (χ2v) is 5.59. The Morgan fingerprint density at radius 2 is 1.82 bits per heavy atom. The van der Waals surface area contributed by atoms with E-state index in [9.17, 15) is 10.2 Å². The number of aliphatic hydroxyl groups is 1. The van der Waals surface area contributed by atoms with Crippen LogP contribution in [0.1, 0.15) is 57.2 Å². The molecule has 0 fully saturated rings. The van der Waals surface area contributed by atoms with Gasteiger partial charge in [-0.3, -0.25) is 0 Å². The van der Waals surface area contributed by atoms with Gasteiger partial charge in [0, 0.05) is 11.0 Å². The average molecular weight is 236 g/mol. The Morgan fingerprint density at radius 3 is 2.24 bits per heavy atom. The first-order chi connectivity index (χ1) is 7.85. The third-order valence-electron chi connectivity index (χ3n) is 3.37. The van der Waals surface area contributed by atoms with Crippen LogP contribution >= 0.6 is 0 Å². The summed E-state index contributed by atoms with van der Waals surface area (Å²) in [6, 6.07) is 4.07. The van der Waals surface area contributed by atoms with Crippen LogP contribution in [0.25, 0.3) is 0 Å². The lowest BCUT2D eigenvalue weighted by molar-refractivity contribution is 0.214. The SMILES string of the molecule is CCc1ccc(C(C)C)c(C(C)(C)CO)c1O. The number of aryl methyl sites for hydroxylation is 1. The van der Waals surface area contributed by atoms with E-state index in [1.165, 1.54) is 0 Å². The van der Waals surface area contributed by atoms with Crippen LogP contribution < -0.4 is 0 Å². The van der Waals surface area contributed by atoms with Gasteiger partial charge in [0.2, 0.25) is 0 Å². The summed E-state index contributed by atoms with van der Waals surface area (Å²) in [5.41, 5.74) is 2.56. The van der Waals surface area contributed by atoms with E-state index in [1.54, 1.807) is 0 Å². The smallest absolute Gasteiger partial charge is 0.122 e. The molecule has 0 radical (unpaired) electrons. The molecule has 0 atom stereocenters. The second-order valence-electron chi connectivity index (χ2n) is 5.59. The van der Waals surface area contributed by atoms with Crippen LogP contribution in [-0.4, -0.2) is 16.8 Å². The molecule has 2 heteroatoms. The number of phenolic OH excluding ortho intramolecular Hbond substituents is 1. The van der Waals surface area contributed by atoms with Crippen molar-refractivity contribution in [3.63, 3.8) is 0 Å². The molecule has 0 spiro atoms. The van der Waals surface area contributed by atoms with Gasteiger partial charge in [0.15, 0.2) is 0 Å². The highest BCUT2D eigenvalue weighted by Crippen LogP contribution is 2.39. The summed E-state index contributed by atoms with van der Waals surface area (Å²) >= 11 is 0. The fourth-order valence-electron chi connectivity index (χ4n) is 2.21. The summed E-state index contributed by atoms with van der Waals surface area (Å²) < 4.78 is 0. The van der Waals surface area contributed by atoms with Crippen molar-refractivity contribution >= 4 is 0 Å². The van der Waals surface area contributed by atoms with Crippen LogP contribution in [-0.2, 0) is 11.8 Å². The topological polar surface area (TPSA) is 40.5 Å². The highest BCUT2D eigenvalue weighted by Gasteiger charge is 2.28. The highest BCUT2D eigenvalue weighted by atomic mass is 16.3. The fraction of sp³-hybridized carbons (Fsp3) is 0.600. The van der Waals surface area contributed by atoms with Crippen molar-refractivity contribution in [2.45, 2.75) is 52.4 Å². The quantitative estimate of drug-likeness (QED) is 0.841. The summed E-state index contributed by atoms with van der Waals surface area (Å²) in [5.74, 6) is 0.699. The van der Waals surface area contributed by atoms with Gasteiger partial charge in [-0.15, -0.1) is 0 Å². The number of rotatable bonds is 4. The molecule has 0 bridgehead atoms. The molecule has 2 nitrogen and oxygen atoms in total. The molecule has 0 amide bonds. The van der Waals surface area contributed by atoms with Gasteiger partial charge in [-0.2, -0.15) is 0 Å². The Bertz CT molecular complexity index is 392. The van der Waals surface area contributed by atoms with Crippen molar-refractivity contribution in [1.29, 1.82) is 0 Å². The van der Waals surface area contributed by atoms with E-state index < -0.39 is 5.41 Å². The molecule has 0 saturated heterocycles. The summed E-state index contributed by atoms with van der Waals surface area (Å²) in [7, 11) is 0. The van der Waals surface area contributed by atoms with Crippen molar-refractivity contribution in [2.24, 2.45) is 0 Å². The lowest BCUT2D eigenvalue weighted by Crippen LogP contribution is -2.24. The molecular weight excluding hydrogens is 212 g/mol. The predicted octanol–water partition coefficient (Wildman–Crippen LogP) is 3.35. The Balaban J connectivity index is 3.51. The summed E-state index contributed by atoms with van der Waals surface area (Å²) in [5, 5.41) is 19.9. The van der Waals surface area contributed by atoms with E-state index in [2.05, 4.69) is 19.9 Å². The molecule has 0 aliphatic rings. The number of aromatic hydroxyl groups is 1. The molecule has 0 aliphatic carbocycles. The van der Waals surface area contributed by atoms with Gasteiger partial charge < -0.3 is 10.2 Å². The van der Waals surface area contributed by atoms with Gasteiger partial charge in [-0.25, -0.2) is 0 Å². The van der Waals surface area contributed by atoms with Crippen molar-refractivity contribution in [3.8, 4) is 5.75 Å². The van der Waals surface area contributed by atoms with Crippen LogP contribution in [0.4, 0.5) is 0 Å². The predicted molar refractivity (Wildman–Crippen MR) is 71.7 cm³/mol. The largest absolute Gasteiger partial charge is 0.507 e. The van der Waals surface area contributed by atoms with E-state index in [1.807, 2.05) is 26.8 Å². The van der Waals surface area contributed by atoms with E-state index in [-0.39, 0.29) is 6.61 Å². The zero-order chi connectivity index (χ0) is 13.2. The minimum absolute atomic E-state index is 0.0352. The normalized spacial score (nSPS) is 12.2. The number of hydrogen-bond donors (Lipinski definition) is 2. The molecule has 1 rings (SSSR count). The third kappa shape index (κ3) is 2.63. The lowest BCUT2D eigenvalue weighted by atomic mass is 9.78. The summed E-state index contributed by atoms with van der Waals surface area (Å²) in [6.45, 7) is 10.2. The van der Waals surface area contributed by atoms with E-state index in [0.29, 0.717) is 11.7 Å². The van der Waals surface area contributed by atoms with Gasteiger partial charge in [0.05, 0.1) is 6.61 Å². The van der Waals surface area contributed by atoms with Gasteiger partial charge in [-0.1, -0.05) is 46.8 Å². The number of hydrogen-bond acceptors (Lipinski definition) is 2. The van der Waals surface area contributed by atoms with Crippen LogP contribution in [0.5, 0.6) is 5.75 Å². The molecule has 2 N–H and O–H groups in total. The monoisotopic (exact) mass is 236 g/mol. The standard InChI is InChI=1S/C15H24O2/c1-6-11-7-8-12(10(2)3)13(14(11)17)15(4,5)9-16/h7-8,10,16-17H,6,9H2,1-5H3. The molecule has 0 heterocycles. The maximum absolute atomic E-state index is 10.4. The van der Waals surface area contributed by atoms with Crippen molar-refractivity contribution in [1.82, 2.24) is 0 Å². The number of aliphatic hydroxyl groups excluding tert-OH is 1. The zero-order valence-electron chi connectivity index (χ0n) is 11.5. The number of phenols is 1. The van der Waals surface area contributed by atoms with E-state index >= 15 is 0 Å². The first kappa shape index (κ1) is 14.0. The molecular formula is C15H24O2. The van der Waals surface area contributed by atoms with Gasteiger partial charge >= 0.3 is 0 Å². The first-order valence-electron chi connectivity index (χ1n) is 6.31. The Labute approximate surface area is 104 Å². The maximum atomic E-state index is 10.4. The van der Waals surface area contributed by atoms with Crippen LogP contribution in [0.3, 0.4) is 0 Å². The van der Waals surface area contributed by atoms with Gasteiger partial charge in [0.25, 0.3) is 0 Å². The first-order valence-corrected chi connectivity index (χ1v) is 6.31. The lowest BCUT2D eigenvalue weighted by Gasteiger charge is -2.29. The minimum Gasteiger partial charge on any atom is -0.507 e. The molecule has 17 heavy (non-hydrogen) atoms. The van der Waals surface area contributed by atoms with Crippen molar-refractivity contribution in [3.05, 3.63) is 28.8 Å². The van der Waals surface area contributed by atoms with Crippen molar-refractivity contribution < 1.29 is 10.2 Å². The minimum atomic E-state index is -0.408. The van der Waals surface area contributed by atoms with Gasteiger partial charge in [0.1, 0.15) is 5.75 Å². The van der Waals surface area contributed by atoms with Crippen LogP contribution in [0.2, 0.25) is 0 Å². The maximum Gasteiger partial charge on any atom is 0.122 e. The third-order valence-corrected chi connectivity index (χ3v) is 3.37. The molecule has 0 aliphatic heterocycles. The summed E-state index contributed by atoms with van der Waals surface area (Å²) in [4.78, 5) is 0. The Hall–Kier alpha value is -1.02. The molecule has 0 saturated carbocycles. The Kier molecular flexibility index (Phi) is 4.21. The second kappa shape index (κ2) is 5.09. The molecule has 1 aromatic rings. The molecule has 0 aromatic heterocycles.